The molecule has 1 atom stereocenters. The zero-order chi connectivity index (χ0) is 20.4. The van der Waals surface area contributed by atoms with Gasteiger partial charge in [0.15, 0.2) is 5.82 Å². The molecular weight excluding hydrogens is 380 g/mol. The standard InChI is InChI=1S/C19H19F2N7O/c20-13-9-23-18(24-10-13)28-7-5-12(6-8-28)19(21,22)27-17(29)16-14-3-1-2-4-15(14)25-11-26-16/h1-4,9-12H,5-8,22H2,(H,27,29). The lowest BCUT2D eigenvalue weighted by molar-refractivity contribution is 0.0303. The summed E-state index contributed by atoms with van der Waals surface area (Å²) in [5.74, 6) is -3.84. The molecule has 1 aliphatic rings. The van der Waals surface area contributed by atoms with Crippen LogP contribution in [0, 0.1) is 11.7 Å². The largest absolute Gasteiger partial charge is 0.341 e. The van der Waals surface area contributed by atoms with Gasteiger partial charge in [0.05, 0.1) is 17.9 Å². The van der Waals surface area contributed by atoms with E-state index in [1.807, 2.05) is 4.90 Å². The minimum absolute atomic E-state index is 0.0697. The number of carbonyl (C=O) groups excluding carboxylic acids is 1. The van der Waals surface area contributed by atoms with Crippen LogP contribution in [0.1, 0.15) is 23.3 Å². The molecule has 0 saturated carbocycles. The van der Waals surface area contributed by atoms with Crippen molar-refractivity contribution in [2.45, 2.75) is 18.8 Å². The summed E-state index contributed by atoms with van der Waals surface area (Å²) < 4.78 is 28.2. The smallest absolute Gasteiger partial charge is 0.274 e. The van der Waals surface area contributed by atoms with Crippen LogP contribution < -0.4 is 16.0 Å². The molecule has 0 radical (unpaired) electrons. The van der Waals surface area contributed by atoms with Gasteiger partial charge in [0.25, 0.3) is 5.91 Å². The number of fused-ring (bicyclic) bond motifs is 1. The van der Waals surface area contributed by atoms with Gasteiger partial charge in [-0.15, -0.1) is 0 Å². The third-order valence-corrected chi connectivity index (χ3v) is 5.04. The molecule has 1 amide bonds. The number of hydrogen-bond acceptors (Lipinski definition) is 7. The molecule has 1 fully saturated rings. The third kappa shape index (κ3) is 3.97. The van der Waals surface area contributed by atoms with Gasteiger partial charge in [-0.3, -0.25) is 10.5 Å². The number of benzene rings is 1. The van der Waals surface area contributed by atoms with E-state index in [4.69, 9.17) is 5.73 Å². The van der Waals surface area contributed by atoms with Gasteiger partial charge in [-0.1, -0.05) is 18.2 Å². The summed E-state index contributed by atoms with van der Waals surface area (Å²) in [5, 5.41) is 2.80. The van der Waals surface area contributed by atoms with Gasteiger partial charge >= 0.3 is 0 Å². The third-order valence-electron chi connectivity index (χ3n) is 5.04. The van der Waals surface area contributed by atoms with Crippen molar-refractivity contribution in [1.82, 2.24) is 25.3 Å². The summed E-state index contributed by atoms with van der Waals surface area (Å²) in [7, 11) is 0. The molecule has 0 spiro atoms. The molecule has 10 heteroatoms. The maximum absolute atomic E-state index is 15.2. The number of carbonyl (C=O) groups is 1. The molecule has 1 saturated heterocycles. The van der Waals surface area contributed by atoms with E-state index in [1.165, 1.54) is 6.33 Å². The highest BCUT2D eigenvalue weighted by Crippen LogP contribution is 2.28. The van der Waals surface area contributed by atoms with Crippen LogP contribution >= 0.6 is 0 Å². The van der Waals surface area contributed by atoms with E-state index >= 15 is 4.39 Å². The zero-order valence-electron chi connectivity index (χ0n) is 15.4. The van der Waals surface area contributed by atoms with Crippen molar-refractivity contribution in [1.29, 1.82) is 0 Å². The summed E-state index contributed by atoms with van der Waals surface area (Å²) >= 11 is 0. The summed E-state index contributed by atoms with van der Waals surface area (Å²) in [6.07, 6.45) is 4.18. The van der Waals surface area contributed by atoms with Crippen molar-refractivity contribution in [2.75, 3.05) is 18.0 Å². The molecule has 3 N–H and O–H groups in total. The number of nitrogens with two attached hydrogens (primary N) is 1. The van der Waals surface area contributed by atoms with Crippen molar-refractivity contribution >= 4 is 22.8 Å². The molecule has 29 heavy (non-hydrogen) atoms. The van der Waals surface area contributed by atoms with Crippen LogP contribution in [0.15, 0.2) is 43.0 Å². The van der Waals surface area contributed by atoms with E-state index in [0.717, 1.165) is 12.4 Å². The Labute approximate surface area is 165 Å². The van der Waals surface area contributed by atoms with Gasteiger partial charge in [-0.25, -0.2) is 28.7 Å². The summed E-state index contributed by atoms with van der Waals surface area (Å²) in [6, 6.07) is 6.98. The first-order valence-electron chi connectivity index (χ1n) is 9.16. The monoisotopic (exact) mass is 399 g/mol. The highest BCUT2D eigenvalue weighted by Gasteiger charge is 2.39. The summed E-state index contributed by atoms with van der Waals surface area (Å²) in [4.78, 5) is 30.4. The molecule has 0 aliphatic carbocycles. The van der Waals surface area contributed by atoms with Gasteiger partial charge in [0.1, 0.15) is 12.0 Å². The number of rotatable bonds is 4. The molecule has 3 aromatic rings. The van der Waals surface area contributed by atoms with Crippen molar-refractivity contribution in [3.05, 3.63) is 54.5 Å². The predicted molar refractivity (Wildman–Crippen MR) is 102 cm³/mol. The number of para-hydroxylation sites is 1. The number of anilines is 1. The number of amides is 1. The van der Waals surface area contributed by atoms with Crippen LogP contribution in [0.2, 0.25) is 0 Å². The Hall–Kier alpha value is -3.27. The molecule has 2 aromatic heterocycles. The Morgan fingerprint density at radius 1 is 1.14 bits per heavy atom. The van der Waals surface area contributed by atoms with Crippen LogP contribution in [0.25, 0.3) is 10.9 Å². The van der Waals surface area contributed by atoms with Crippen molar-refractivity contribution < 1.29 is 13.6 Å². The second-order valence-electron chi connectivity index (χ2n) is 6.92. The van der Waals surface area contributed by atoms with Crippen molar-refractivity contribution in [2.24, 2.45) is 11.7 Å². The van der Waals surface area contributed by atoms with E-state index in [-0.39, 0.29) is 5.69 Å². The number of nitrogens with zero attached hydrogens (tertiary/aromatic N) is 5. The van der Waals surface area contributed by atoms with Crippen LogP contribution in [0.4, 0.5) is 14.7 Å². The van der Waals surface area contributed by atoms with E-state index in [0.29, 0.717) is 42.8 Å². The molecule has 8 nitrogen and oxygen atoms in total. The lowest BCUT2D eigenvalue weighted by Gasteiger charge is -2.37. The molecular formula is C19H19F2N7O. The van der Waals surface area contributed by atoms with Gasteiger partial charge in [0, 0.05) is 24.4 Å². The number of nitrogens with one attached hydrogen (secondary N) is 1. The minimum Gasteiger partial charge on any atom is -0.341 e. The summed E-state index contributed by atoms with van der Waals surface area (Å²) in [5.41, 5.74) is 6.49. The molecule has 4 rings (SSSR count). The second kappa shape index (κ2) is 7.63. The van der Waals surface area contributed by atoms with Crippen molar-refractivity contribution in [3.63, 3.8) is 0 Å². The topological polar surface area (TPSA) is 110 Å². The van der Waals surface area contributed by atoms with Crippen LogP contribution in [-0.2, 0) is 0 Å². The van der Waals surface area contributed by atoms with Crippen LogP contribution in [0.5, 0.6) is 0 Å². The molecule has 1 aliphatic heterocycles. The minimum atomic E-state index is -2.40. The SMILES string of the molecule is NC(F)(NC(=O)c1ncnc2ccccc12)C1CCN(c2ncc(F)cn2)CC1. The Morgan fingerprint density at radius 2 is 1.83 bits per heavy atom. The lowest BCUT2D eigenvalue weighted by atomic mass is 9.92. The number of hydrogen-bond donors (Lipinski definition) is 2. The Kier molecular flexibility index (Phi) is 5.01. The number of piperidine rings is 1. The fourth-order valence-corrected chi connectivity index (χ4v) is 3.49. The summed E-state index contributed by atoms with van der Waals surface area (Å²) in [6.45, 7) is 0.872. The average molecular weight is 399 g/mol. The first-order chi connectivity index (χ1) is 13.9. The highest BCUT2D eigenvalue weighted by atomic mass is 19.2. The Morgan fingerprint density at radius 3 is 2.55 bits per heavy atom. The van der Waals surface area contributed by atoms with Crippen LogP contribution in [0.3, 0.4) is 0 Å². The fraction of sp³-hybridized carbons (Fsp3) is 0.316. The second-order valence-corrected chi connectivity index (χ2v) is 6.92. The van der Waals surface area contributed by atoms with Gasteiger partial charge in [-0.05, 0) is 18.9 Å². The van der Waals surface area contributed by atoms with E-state index in [1.54, 1.807) is 24.3 Å². The number of aromatic nitrogens is 4. The number of halogens is 2. The molecule has 0 bridgehead atoms. The lowest BCUT2D eigenvalue weighted by Crippen LogP contribution is -2.59. The Bertz CT molecular complexity index is 1020. The highest BCUT2D eigenvalue weighted by molar-refractivity contribution is 6.04. The van der Waals surface area contributed by atoms with Gasteiger partial charge in [0.2, 0.25) is 11.9 Å². The zero-order valence-corrected chi connectivity index (χ0v) is 15.4. The normalized spacial score (nSPS) is 17.1. The van der Waals surface area contributed by atoms with E-state index in [2.05, 4.69) is 25.3 Å². The first kappa shape index (κ1) is 19.1. The maximum atomic E-state index is 15.2. The first-order valence-corrected chi connectivity index (χ1v) is 9.16. The van der Waals surface area contributed by atoms with Crippen molar-refractivity contribution in [3.8, 4) is 0 Å². The van der Waals surface area contributed by atoms with Crippen LogP contribution in [-0.4, -0.2) is 44.8 Å². The molecule has 1 aromatic carbocycles. The van der Waals surface area contributed by atoms with E-state index in [9.17, 15) is 9.18 Å². The van der Waals surface area contributed by atoms with Gasteiger partial charge in [-0.2, -0.15) is 0 Å². The molecule has 3 heterocycles. The maximum Gasteiger partial charge on any atom is 0.274 e. The number of alkyl halides is 1. The Balaban J connectivity index is 1.43. The van der Waals surface area contributed by atoms with E-state index < -0.39 is 23.6 Å². The van der Waals surface area contributed by atoms with Gasteiger partial charge < -0.3 is 10.2 Å². The molecule has 150 valence electrons. The predicted octanol–water partition coefficient (Wildman–Crippen LogP) is 1.79. The fourth-order valence-electron chi connectivity index (χ4n) is 3.49. The average Bonchev–Trinajstić information content (AvgIpc) is 2.73. The quantitative estimate of drug-likeness (QED) is 0.508. The molecule has 1 unspecified atom stereocenters.